The highest BCUT2D eigenvalue weighted by Gasteiger charge is 2.10. The van der Waals surface area contributed by atoms with Crippen LogP contribution in [-0.2, 0) is 17.6 Å². The Labute approximate surface area is 118 Å². The molecule has 0 radical (unpaired) electrons. The summed E-state index contributed by atoms with van der Waals surface area (Å²) in [5, 5.41) is 3.58. The molecule has 0 fully saturated rings. The van der Waals surface area contributed by atoms with Gasteiger partial charge in [0.05, 0.1) is 12.7 Å². The van der Waals surface area contributed by atoms with E-state index in [1.807, 2.05) is 0 Å². The van der Waals surface area contributed by atoms with Gasteiger partial charge in [0.1, 0.15) is 0 Å². The Morgan fingerprint density at radius 3 is 2.21 bits per heavy atom. The third-order valence-corrected chi connectivity index (χ3v) is 3.23. The highest BCUT2D eigenvalue weighted by molar-refractivity contribution is 5.23. The zero-order chi connectivity index (χ0) is 14.1. The molecule has 0 saturated heterocycles. The lowest BCUT2D eigenvalue weighted by atomic mass is 10.0. The average molecular weight is 263 g/mol. The standard InChI is InChI=1S/C17H29NO/c1-5-11-18-17(13-19-14(3)4)12-16-9-7-15(6-2)8-10-16/h7-10,14,17-18H,5-6,11-13H2,1-4H3. The Bertz CT molecular complexity index is 332. The van der Waals surface area contributed by atoms with Crippen LogP contribution >= 0.6 is 0 Å². The van der Waals surface area contributed by atoms with Gasteiger partial charge in [0.15, 0.2) is 0 Å². The van der Waals surface area contributed by atoms with Crippen LogP contribution in [0.15, 0.2) is 24.3 Å². The smallest absolute Gasteiger partial charge is 0.0626 e. The first-order valence-corrected chi connectivity index (χ1v) is 7.58. The molecule has 2 heteroatoms. The lowest BCUT2D eigenvalue weighted by Gasteiger charge is -2.20. The van der Waals surface area contributed by atoms with Crippen LogP contribution < -0.4 is 5.32 Å². The van der Waals surface area contributed by atoms with Crippen molar-refractivity contribution in [3.8, 4) is 0 Å². The van der Waals surface area contributed by atoms with E-state index in [0.717, 1.165) is 32.4 Å². The Balaban J connectivity index is 2.53. The average Bonchev–Trinajstić information content (AvgIpc) is 2.42. The summed E-state index contributed by atoms with van der Waals surface area (Å²) in [6.45, 7) is 10.4. The summed E-state index contributed by atoms with van der Waals surface area (Å²) in [5.41, 5.74) is 2.79. The highest BCUT2D eigenvalue weighted by Crippen LogP contribution is 2.08. The van der Waals surface area contributed by atoms with Gasteiger partial charge >= 0.3 is 0 Å². The molecule has 0 aliphatic rings. The fraction of sp³-hybridized carbons (Fsp3) is 0.647. The van der Waals surface area contributed by atoms with Gasteiger partial charge in [-0.3, -0.25) is 0 Å². The first-order chi connectivity index (χ1) is 9.15. The predicted octanol–water partition coefficient (Wildman–Crippen LogP) is 3.58. The fourth-order valence-corrected chi connectivity index (χ4v) is 2.04. The SMILES string of the molecule is CCCNC(COC(C)C)Cc1ccc(CC)cc1. The summed E-state index contributed by atoms with van der Waals surface area (Å²) < 4.78 is 5.76. The second-order valence-corrected chi connectivity index (χ2v) is 5.41. The summed E-state index contributed by atoms with van der Waals surface area (Å²) in [6, 6.07) is 9.36. The lowest BCUT2D eigenvalue weighted by molar-refractivity contribution is 0.0613. The molecule has 1 atom stereocenters. The molecule has 1 unspecified atom stereocenters. The number of nitrogens with one attached hydrogen (secondary N) is 1. The van der Waals surface area contributed by atoms with Crippen molar-refractivity contribution in [1.29, 1.82) is 0 Å². The molecule has 0 bridgehead atoms. The van der Waals surface area contributed by atoms with E-state index < -0.39 is 0 Å². The quantitative estimate of drug-likeness (QED) is 0.735. The minimum absolute atomic E-state index is 0.299. The Morgan fingerprint density at radius 2 is 1.68 bits per heavy atom. The number of benzene rings is 1. The van der Waals surface area contributed by atoms with Crippen LogP contribution in [-0.4, -0.2) is 25.3 Å². The van der Waals surface area contributed by atoms with Gasteiger partial charge in [-0.15, -0.1) is 0 Å². The van der Waals surface area contributed by atoms with E-state index in [-0.39, 0.29) is 0 Å². The lowest BCUT2D eigenvalue weighted by Crippen LogP contribution is -2.36. The summed E-state index contributed by atoms with van der Waals surface area (Å²) in [5.74, 6) is 0. The maximum atomic E-state index is 5.76. The van der Waals surface area contributed by atoms with Crippen molar-refractivity contribution in [2.75, 3.05) is 13.2 Å². The van der Waals surface area contributed by atoms with Crippen LogP contribution in [0.5, 0.6) is 0 Å². The van der Waals surface area contributed by atoms with Crippen molar-refractivity contribution in [1.82, 2.24) is 5.32 Å². The monoisotopic (exact) mass is 263 g/mol. The molecule has 108 valence electrons. The minimum Gasteiger partial charge on any atom is -0.377 e. The molecule has 1 aromatic rings. The molecule has 0 heterocycles. The molecule has 0 spiro atoms. The molecule has 0 aromatic heterocycles. The summed E-state index contributed by atoms with van der Waals surface area (Å²) in [6.07, 6.45) is 3.60. The number of hydrogen-bond donors (Lipinski definition) is 1. The van der Waals surface area contributed by atoms with Crippen molar-refractivity contribution >= 4 is 0 Å². The van der Waals surface area contributed by atoms with Crippen LogP contribution in [0.25, 0.3) is 0 Å². The van der Waals surface area contributed by atoms with E-state index >= 15 is 0 Å². The molecule has 19 heavy (non-hydrogen) atoms. The van der Waals surface area contributed by atoms with Crippen LogP contribution in [0, 0.1) is 0 Å². The third-order valence-electron chi connectivity index (χ3n) is 3.23. The number of aryl methyl sites for hydroxylation is 1. The molecule has 0 saturated carbocycles. The van der Waals surface area contributed by atoms with Gasteiger partial charge < -0.3 is 10.1 Å². The summed E-state index contributed by atoms with van der Waals surface area (Å²) >= 11 is 0. The van der Waals surface area contributed by atoms with Crippen LogP contribution in [0.4, 0.5) is 0 Å². The van der Waals surface area contributed by atoms with Gasteiger partial charge in [0.2, 0.25) is 0 Å². The van der Waals surface area contributed by atoms with Gasteiger partial charge in [-0.25, -0.2) is 0 Å². The zero-order valence-corrected chi connectivity index (χ0v) is 12.9. The first-order valence-electron chi connectivity index (χ1n) is 7.58. The molecule has 0 aliphatic carbocycles. The normalized spacial score (nSPS) is 12.9. The topological polar surface area (TPSA) is 21.3 Å². The maximum Gasteiger partial charge on any atom is 0.0626 e. The Morgan fingerprint density at radius 1 is 1.05 bits per heavy atom. The van der Waals surface area contributed by atoms with Crippen LogP contribution in [0.2, 0.25) is 0 Å². The Hall–Kier alpha value is -0.860. The summed E-state index contributed by atoms with van der Waals surface area (Å²) in [7, 11) is 0. The van der Waals surface area contributed by atoms with E-state index in [4.69, 9.17) is 4.74 Å². The van der Waals surface area contributed by atoms with Crippen molar-refractivity contribution in [2.45, 2.75) is 59.1 Å². The number of ether oxygens (including phenoxy) is 1. The van der Waals surface area contributed by atoms with E-state index in [0.29, 0.717) is 12.1 Å². The van der Waals surface area contributed by atoms with Gasteiger partial charge in [-0.1, -0.05) is 38.1 Å². The largest absolute Gasteiger partial charge is 0.377 e. The van der Waals surface area contributed by atoms with Gasteiger partial charge in [-0.05, 0) is 50.8 Å². The molecular weight excluding hydrogens is 234 g/mol. The number of hydrogen-bond acceptors (Lipinski definition) is 2. The molecule has 0 amide bonds. The van der Waals surface area contributed by atoms with E-state index in [1.165, 1.54) is 11.1 Å². The van der Waals surface area contributed by atoms with Gasteiger partial charge in [-0.2, -0.15) is 0 Å². The van der Waals surface area contributed by atoms with Crippen molar-refractivity contribution in [2.24, 2.45) is 0 Å². The fourth-order valence-electron chi connectivity index (χ4n) is 2.04. The zero-order valence-electron chi connectivity index (χ0n) is 12.9. The minimum atomic E-state index is 0.299. The van der Waals surface area contributed by atoms with E-state index in [1.54, 1.807) is 0 Å². The third kappa shape index (κ3) is 6.74. The molecule has 2 nitrogen and oxygen atoms in total. The van der Waals surface area contributed by atoms with Crippen LogP contribution in [0.1, 0.15) is 45.2 Å². The van der Waals surface area contributed by atoms with E-state index in [2.05, 4.69) is 57.3 Å². The summed E-state index contributed by atoms with van der Waals surface area (Å²) in [4.78, 5) is 0. The predicted molar refractivity (Wildman–Crippen MR) is 82.7 cm³/mol. The first kappa shape index (κ1) is 16.2. The highest BCUT2D eigenvalue weighted by atomic mass is 16.5. The second-order valence-electron chi connectivity index (χ2n) is 5.41. The van der Waals surface area contributed by atoms with Gasteiger partial charge in [0, 0.05) is 6.04 Å². The van der Waals surface area contributed by atoms with Gasteiger partial charge in [0.25, 0.3) is 0 Å². The van der Waals surface area contributed by atoms with E-state index in [9.17, 15) is 0 Å². The van der Waals surface area contributed by atoms with Crippen molar-refractivity contribution in [3.63, 3.8) is 0 Å². The Kier molecular flexibility index (Phi) is 7.76. The number of rotatable bonds is 9. The molecule has 1 N–H and O–H groups in total. The van der Waals surface area contributed by atoms with Crippen LogP contribution in [0.3, 0.4) is 0 Å². The molecule has 0 aliphatic heterocycles. The van der Waals surface area contributed by atoms with Crippen molar-refractivity contribution < 1.29 is 4.74 Å². The molecule has 1 rings (SSSR count). The maximum absolute atomic E-state index is 5.76. The molecule has 1 aromatic carbocycles. The second kappa shape index (κ2) is 9.11. The van der Waals surface area contributed by atoms with Crippen molar-refractivity contribution in [3.05, 3.63) is 35.4 Å². The molecular formula is C17H29NO.